The van der Waals surface area contributed by atoms with E-state index in [2.05, 4.69) is 21.5 Å². The van der Waals surface area contributed by atoms with Crippen LogP contribution in [0.25, 0.3) is 11.3 Å². The normalized spacial score (nSPS) is 18.2. The first-order valence-electron chi connectivity index (χ1n) is 8.77. The van der Waals surface area contributed by atoms with Crippen LogP contribution in [0, 0.1) is 5.92 Å². The van der Waals surface area contributed by atoms with Crippen LogP contribution in [0.1, 0.15) is 19.3 Å². The molecule has 0 spiro atoms. The number of carbonyl (C=O) groups is 1. The van der Waals surface area contributed by atoms with Crippen LogP contribution in [0.4, 0.5) is 5.69 Å². The molecule has 4 nitrogen and oxygen atoms in total. The van der Waals surface area contributed by atoms with Gasteiger partial charge in [0, 0.05) is 23.2 Å². The Morgan fingerprint density at radius 2 is 2.24 bits per heavy atom. The topological polar surface area (TPSA) is 45.2 Å². The van der Waals surface area contributed by atoms with Crippen molar-refractivity contribution < 1.29 is 4.79 Å². The molecule has 0 aliphatic carbocycles. The van der Waals surface area contributed by atoms with Gasteiger partial charge < -0.3 is 10.2 Å². The summed E-state index contributed by atoms with van der Waals surface area (Å²) in [4.78, 5) is 19.4. The van der Waals surface area contributed by atoms with E-state index in [0.29, 0.717) is 0 Å². The number of nitrogens with one attached hydrogen (secondary N) is 1. The average molecular weight is 376 g/mol. The van der Waals surface area contributed by atoms with Crippen LogP contribution >= 0.6 is 23.1 Å². The second-order valence-corrected chi connectivity index (χ2v) is 8.13. The molecule has 3 rings (SSSR count). The third kappa shape index (κ3) is 5.30. The number of anilines is 1. The maximum Gasteiger partial charge on any atom is 0.228 e. The summed E-state index contributed by atoms with van der Waals surface area (Å²) in [6.45, 7) is 3.12. The monoisotopic (exact) mass is 375 g/mol. The van der Waals surface area contributed by atoms with Gasteiger partial charge in [-0.3, -0.25) is 4.79 Å². The van der Waals surface area contributed by atoms with Gasteiger partial charge in [0.05, 0.1) is 17.1 Å². The third-order valence-corrected chi connectivity index (χ3v) is 5.86. The number of hydrogen-bond donors (Lipinski definition) is 1. The number of nitrogens with zero attached hydrogens (tertiary/aromatic N) is 2. The number of amides is 1. The van der Waals surface area contributed by atoms with Crippen LogP contribution in [0.2, 0.25) is 0 Å². The molecule has 2 heterocycles. The predicted octanol–water partition coefficient (Wildman–Crippen LogP) is 4.21. The van der Waals surface area contributed by atoms with Gasteiger partial charge >= 0.3 is 0 Å². The summed E-state index contributed by atoms with van der Waals surface area (Å²) >= 11 is 3.48. The lowest BCUT2D eigenvalue weighted by molar-refractivity contribution is -0.121. The molecule has 1 unspecified atom stereocenters. The molecular formula is C19H25N3OS2. The Labute approximate surface area is 158 Å². The number of hydrogen-bond acceptors (Lipinski definition) is 5. The molecule has 6 heteroatoms. The van der Waals surface area contributed by atoms with Crippen molar-refractivity contribution in [2.45, 2.75) is 19.3 Å². The Balaban J connectivity index is 1.52. The van der Waals surface area contributed by atoms with Crippen molar-refractivity contribution in [1.82, 2.24) is 9.88 Å². The zero-order chi connectivity index (χ0) is 17.5. The van der Waals surface area contributed by atoms with Crippen LogP contribution in [0.15, 0.2) is 35.2 Å². The smallest absolute Gasteiger partial charge is 0.228 e. The molecule has 2 aromatic rings. The van der Waals surface area contributed by atoms with E-state index >= 15 is 0 Å². The van der Waals surface area contributed by atoms with E-state index in [0.717, 1.165) is 49.4 Å². The number of benzene rings is 1. The summed E-state index contributed by atoms with van der Waals surface area (Å²) < 4.78 is 0. The van der Waals surface area contributed by atoms with Gasteiger partial charge in [-0.2, -0.15) is 11.8 Å². The van der Waals surface area contributed by atoms with E-state index in [1.807, 2.05) is 46.9 Å². The van der Waals surface area contributed by atoms with Crippen molar-refractivity contribution in [3.8, 4) is 11.3 Å². The summed E-state index contributed by atoms with van der Waals surface area (Å²) in [5, 5.41) is 5.11. The quantitative estimate of drug-likeness (QED) is 0.736. The molecule has 0 bridgehead atoms. The van der Waals surface area contributed by atoms with Gasteiger partial charge in [0.25, 0.3) is 0 Å². The van der Waals surface area contributed by atoms with Gasteiger partial charge in [-0.1, -0.05) is 12.1 Å². The lowest BCUT2D eigenvalue weighted by Crippen LogP contribution is -2.41. The SMILES string of the molecule is CSCCCN1CCCC(C(=O)Nc2ccc(-c3cscn3)cc2)C1. The standard InChI is InChI=1S/C19H25N3OS2/c1-24-11-3-10-22-9-2-4-16(12-22)19(23)21-17-7-5-15(6-8-17)18-13-25-14-20-18/h5-8,13-14,16H,2-4,9-12H2,1H3,(H,21,23). The highest BCUT2D eigenvalue weighted by molar-refractivity contribution is 7.98. The Morgan fingerprint density at radius 1 is 1.40 bits per heavy atom. The molecule has 1 aliphatic rings. The number of thioether (sulfide) groups is 1. The van der Waals surface area contributed by atoms with Crippen molar-refractivity contribution >= 4 is 34.7 Å². The molecule has 0 radical (unpaired) electrons. The number of rotatable bonds is 7. The Bertz CT molecular complexity index is 658. The van der Waals surface area contributed by atoms with E-state index in [1.54, 1.807) is 11.3 Å². The van der Waals surface area contributed by atoms with E-state index in [1.165, 1.54) is 12.2 Å². The second kappa shape index (κ2) is 9.36. The van der Waals surface area contributed by atoms with E-state index in [4.69, 9.17) is 0 Å². The molecule has 1 N–H and O–H groups in total. The third-order valence-electron chi connectivity index (χ3n) is 4.58. The van der Waals surface area contributed by atoms with Crippen LogP contribution in [-0.2, 0) is 4.79 Å². The van der Waals surface area contributed by atoms with Crippen LogP contribution in [-0.4, -0.2) is 47.4 Å². The molecule has 0 saturated carbocycles. The number of thiazole rings is 1. The molecule has 1 atom stereocenters. The summed E-state index contributed by atoms with van der Waals surface area (Å²) in [6, 6.07) is 7.96. The summed E-state index contributed by atoms with van der Waals surface area (Å²) in [6.07, 6.45) is 5.45. The maximum absolute atomic E-state index is 12.6. The zero-order valence-corrected chi connectivity index (χ0v) is 16.2. The van der Waals surface area contributed by atoms with Gasteiger partial charge in [0.1, 0.15) is 0 Å². The van der Waals surface area contributed by atoms with E-state index in [-0.39, 0.29) is 11.8 Å². The highest BCUT2D eigenvalue weighted by Gasteiger charge is 2.25. The number of piperidine rings is 1. The first-order valence-corrected chi connectivity index (χ1v) is 11.1. The number of aromatic nitrogens is 1. The number of carbonyl (C=O) groups excluding carboxylic acids is 1. The molecule has 25 heavy (non-hydrogen) atoms. The van der Waals surface area contributed by atoms with E-state index < -0.39 is 0 Å². The van der Waals surface area contributed by atoms with Crippen molar-refractivity contribution in [2.75, 3.05) is 37.0 Å². The maximum atomic E-state index is 12.6. The molecule has 1 saturated heterocycles. The molecular weight excluding hydrogens is 350 g/mol. The minimum Gasteiger partial charge on any atom is -0.326 e. The minimum atomic E-state index is 0.0984. The van der Waals surface area contributed by atoms with Gasteiger partial charge in [0.2, 0.25) is 5.91 Å². The Morgan fingerprint density at radius 3 is 2.96 bits per heavy atom. The van der Waals surface area contributed by atoms with Crippen molar-refractivity contribution in [2.24, 2.45) is 5.92 Å². The largest absolute Gasteiger partial charge is 0.326 e. The molecule has 1 aromatic heterocycles. The summed E-state index contributed by atoms with van der Waals surface area (Å²) in [7, 11) is 0. The van der Waals surface area contributed by atoms with Crippen LogP contribution < -0.4 is 5.32 Å². The second-order valence-electron chi connectivity index (χ2n) is 6.43. The molecule has 1 aromatic carbocycles. The van der Waals surface area contributed by atoms with Gasteiger partial charge in [-0.25, -0.2) is 4.98 Å². The fourth-order valence-electron chi connectivity index (χ4n) is 3.23. The fourth-order valence-corrected chi connectivity index (χ4v) is 4.21. The van der Waals surface area contributed by atoms with Gasteiger partial charge in [-0.05, 0) is 56.5 Å². The fraction of sp³-hybridized carbons (Fsp3) is 0.474. The number of likely N-dealkylation sites (tertiary alicyclic amines) is 1. The van der Waals surface area contributed by atoms with E-state index in [9.17, 15) is 4.79 Å². The summed E-state index contributed by atoms with van der Waals surface area (Å²) in [5.41, 5.74) is 4.76. The molecule has 1 amide bonds. The molecule has 134 valence electrons. The lowest BCUT2D eigenvalue weighted by Gasteiger charge is -2.31. The molecule has 1 aliphatic heterocycles. The van der Waals surface area contributed by atoms with Crippen molar-refractivity contribution in [3.63, 3.8) is 0 Å². The highest BCUT2D eigenvalue weighted by atomic mass is 32.2. The lowest BCUT2D eigenvalue weighted by atomic mass is 9.97. The van der Waals surface area contributed by atoms with Crippen LogP contribution in [0.3, 0.4) is 0 Å². The first-order chi connectivity index (χ1) is 12.3. The van der Waals surface area contributed by atoms with Crippen molar-refractivity contribution in [3.05, 3.63) is 35.2 Å². The zero-order valence-electron chi connectivity index (χ0n) is 14.6. The summed E-state index contributed by atoms with van der Waals surface area (Å²) in [5.74, 6) is 1.44. The predicted molar refractivity (Wildman–Crippen MR) is 108 cm³/mol. The average Bonchev–Trinajstić information content (AvgIpc) is 3.17. The molecule has 1 fully saturated rings. The van der Waals surface area contributed by atoms with Crippen LogP contribution in [0.5, 0.6) is 0 Å². The van der Waals surface area contributed by atoms with Crippen molar-refractivity contribution in [1.29, 1.82) is 0 Å². The first kappa shape index (κ1) is 18.4. The Kier molecular flexibility index (Phi) is 6.90. The highest BCUT2D eigenvalue weighted by Crippen LogP contribution is 2.23. The van der Waals surface area contributed by atoms with Gasteiger partial charge in [0.15, 0.2) is 0 Å². The van der Waals surface area contributed by atoms with Gasteiger partial charge in [-0.15, -0.1) is 11.3 Å². The Hall–Kier alpha value is -1.37. The minimum absolute atomic E-state index is 0.0984.